The number of nitrogens with one attached hydrogen (secondary N) is 4. The molecule has 4 amide bonds. The number of rotatable bonds is 18. The number of sulfonamides is 1. The molecule has 0 saturated carbocycles. The molecule has 1 fully saturated rings. The second-order valence-electron chi connectivity index (χ2n) is 19.5. The zero-order valence-corrected chi connectivity index (χ0v) is 44.3. The van der Waals surface area contributed by atoms with Gasteiger partial charge >= 0.3 is 5.69 Å². The Kier molecular flexibility index (Phi) is 15.9. The number of likely N-dealkylation sites (tertiary alicyclic amines) is 1. The number of aromatic nitrogens is 3. The van der Waals surface area contributed by atoms with Crippen LogP contribution < -0.4 is 35.8 Å². The van der Waals surface area contributed by atoms with E-state index in [1.165, 1.54) is 44.4 Å². The Hall–Kier alpha value is -7.81. The summed E-state index contributed by atoms with van der Waals surface area (Å²) in [6, 6.07) is 27.7. The van der Waals surface area contributed by atoms with Crippen LogP contribution in [0.4, 0.5) is 5.69 Å². The van der Waals surface area contributed by atoms with Crippen molar-refractivity contribution in [3.05, 3.63) is 153 Å². The Labute approximate surface area is 438 Å². The summed E-state index contributed by atoms with van der Waals surface area (Å²) in [5.41, 5.74) is 5.44. The lowest BCUT2D eigenvalue weighted by Gasteiger charge is -2.35. The maximum atomic E-state index is 14.2. The van der Waals surface area contributed by atoms with Crippen LogP contribution in [0, 0.1) is 12.3 Å². The number of hydrogen-bond donors (Lipinski definition) is 5. The van der Waals surface area contributed by atoms with Crippen LogP contribution in [0.2, 0.25) is 0 Å². The van der Waals surface area contributed by atoms with Crippen molar-refractivity contribution in [2.24, 2.45) is 19.5 Å². The summed E-state index contributed by atoms with van der Waals surface area (Å²) in [4.78, 5) is 74.5. The number of ether oxygens (including phenoxy) is 2. The summed E-state index contributed by atoms with van der Waals surface area (Å²) in [7, 11) is -1.16. The van der Waals surface area contributed by atoms with E-state index in [0.29, 0.717) is 34.7 Å². The van der Waals surface area contributed by atoms with E-state index in [9.17, 15) is 37.5 Å². The van der Waals surface area contributed by atoms with Crippen LogP contribution >= 0.6 is 11.3 Å². The Morgan fingerprint density at radius 2 is 1.48 bits per heavy atom. The Bertz CT molecular complexity index is 3440. The molecule has 5 aromatic carbocycles. The molecule has 1 aliphatic heterocycles. The number of β-amino-alcohol motifs (C(OH)–C–C–N with tert-alkyl or cyclic N) is 1. The van der Waals surface area contributed by atoms with Crippen LogP contribution in [0.1, 0.15) is 78.1 Å². The average molecular weight is 1060 g/mol. The van der Waals surface area contributed by atoms with Gasteiger partial charge in [0.15, 0.2) is 5.75 Å². The highest BCUT2D eigenvalue weighted by atomic mass is 32.2. The van der Waals surface area contributed by atoms with Crippen LogP contribution in [0.3, 0.4) is 0 Å². The molecule has 5 N–H and O–H groups in total. The number of carbonyl (C=O) groups excluding carboxylic acids is 4. The first-order valence-electron chi connectivity index (χ1n) is 24.4. The topological polar surface area (TPSA) is 232 Å². The van der Waals surface area contributed by atoms with Crippen LogP contribution in [-0.2, 0) is 46.8 Å². The molecule has 2 aromatic heterocycles. The third kappa shape index (κ3) is 12.3. The molecule has 0 spiro atoms. The van der Waals surface area contributed by atoms with Gasteiger partial charge in [-0.15, -0.1) is 11.3 Å². The van der Waals surface area contributed by atoms with Gasteiger partial charge in [-0.3, -0.25) is 33.0 Å². The molecule has 0 aliphatic carbocycles. The Balaban J connectivity index is 0.893. The number of benzene rings is 5. The highest BCUT2D eigenvalue weighted by Crippen LogP contribution is 2.36. The van der Waals surface area contributed by atoms with Crippen molar-refractivity contribution >= 4 is 61.7 Å². The maximum absolute atomic E-state index is 14.2. The molecule has 3 atom stereocenters. The molecule has 0 unspecified atom stereocenters. The van der Waals surface area contributed by atoms with Crippen molar-refractivity contribution in [3.63, 3.8) is 0 Å². The Morgan fingerprint density at radius 3 is 2.15 bits per heavy atom. The number of aliphatic hydroxyl groups is 1. The molecule has 20 heteroatoms. The van der Waals surface area contributed by atoms with Gasteiger partial charge in [-0.2, -0.15) is 0 Å². The van der Waals surface area contributed by atoms with Gasteiger partial charge in [-0.25, -0.2) is 18.2 Å². The minimum absolute atomic E-state index is 0.0267. The van der Waals surface area contributed by atoms with E-state index in [4.69, 9.17) is 9.47 Å². The van der Waals surface area contributed by atoms with Gasteiger partial charge in [0.25, 0.3) is 21.8 Å². The lowest BCUT2D eigenvalue weighted by molar-refractivity contribution is -0.142. The van der Waals surface area contributed by atoms with E-state index < -0.39 is 57.3 Å². The number of carbonyl (C=O) groups is 4. The highest BCUT2D eigenvalue weighted by molar-refractivity contribution is 7.92. The maximum Gasteiger partial charge on any atom is 0.328 e. The fourth-order valence-corrected chi connectivity index (χ4v) is 10.6. The van der Waals surface area contributed by atoms with E-state index in [0.717, 1.165) is 28.1 Å². The lowest BCUT2D eigenvalue weighted by atomic mass is 9.85. The van der Waals surface area contributed by atoms with E-state index >= 15 is 0 Å². The van der Waals surface area contributed by atoms with Crippen molar-refractivity contribution in [3.8, 4) is 27.7 Å². The number of imidazole rings is 1. The molecule has 1 aliphatic rings. The van der Waals surface area contributed by atoms with E-state index in [1.807, 2.05) is 38.1 Å². The summed E-state index contributed by atoms with van der Waals surface area (Å²) in [5, 5.41) is 19.3. The van der Waals surface area contributed by atoms with Crippen LogP contribution in [0.15, 0.2) is 124 Å². The predicted octanol–water partition coefficient (Wildman–Crippen LogP) is 7.04. The summed E-state index contributed by atoms with van der Waals surface area (Å²) in [5.74, 6) is -0.961. The van der Waals surface area contributed by atoms with Crippen molar-refractivity contribution in [1.82, 2.24) is 35.0 Å². The molecule has 75 heavy (non-hydrogen) atoms. The largest absolute Gasteiger partial charge is 0.493 e. The number of thiazole rings is 1. The van der Waals surface area contributed by atoms with Crippen molar-refractivity contribution in [1.29, 1.82) is 0 Å². The summed E-state index contributed by atoms with van der Waals surface area (Å²) in [6.07, 6.45) is -0.0835. The molecular formula is C55H60N8O10S2. The molecule has 0 bridgehead atoms. The molecule has 1 saturated heterocycles. The molecule has 7 aromatic rings. The van der Waals surface area contributed by atoms with E-state index in [-0.39, 0.29) is 59.2 Å². The fourth-order valence-electron chi connectivity index (χ4n) is 8.73. The van der Waals surface area contributed by atoms with Gasteiger partial charge in [0.05, 0.1) is 50.4 Å². The minimum Gasteiger partial charge on any atom is -0.493 e. The summed E-state index contributed by atoms with van der Waals surface area (Å²) in [6.45, 7) is 10.0. The second-order valence-corrected chi connectivity index (χ2v) is 22.1. The number of aryl methyl sites for hydroxylation is 3. The lowest BCUT2D eigenvalue weighted by Crippen LogP contribution is -2.57. The molecule has 3 heterocycles. The third-order valence-electron chi connectivity index (χ3n) is 12.9. The average Bonchev–Trinajstić information content (AvgIpc) is 4.08. The summed E-state index contributed by atoms with van der Waals surface area (Å²) < 4.78 is 45.5. The zero-order chi connectivity index (χ0) is 53.8. The highest BCUT2D eigenvalue weighted by Gasteiger charge is 2.44. The number of hydrogen-bond acceptors (Lipinski definition) is 12. The molecule has 392 valence electrons. The van der Waals surface area contributed by atoms with Crippen molar-refractivity contribution < 1.29 is 42.2 Å². The van der Waals surface area contributed by atoms with Crippen molar-refractivity contribution in [2.45, 2.75) is 83.6 Å². The van der Waals surface area contributed by atoms with Crippen LogP contribution in [0.5, 0.6) is 17.2 Å². The smallest absolute Gasteiger partial charge is 0.328 e. The number of anilines is 1. The predicted molar refractivity (Wildman–Crippen MR) is 286 cm³/mol. The molecule has 8 rings (SSSR count). The first-order valence-corrected chi connectivity index (χ1v) is 26.7. The van der Waals surface area contributed by atoms with Gasteiger partial charge in [0.2, 0.25) is 11.8 Å². The monoisotopic (exact) mass is 1060 g/mol. The van der Waals surface area contributed by atoms with Crippen LogP contribution in [-0.4, -0.2) is 87.5 Å². The van der Waals surface area contributed by atoms with E-state index in [1.54, 1.807) is 106 Å². The van der Waals surface area contributed by atoms with E-state index in [2.05, 4.69) is 25.7 Å². The molecule has 18 nitrogen and oxygen atoms in total. The summed E-state index contributed by atoms with van der Waals surface area (Å²) >= 11 is 1.55. The number of nitrogens with zero attached hydrogens (tertiary/aromatic N) is 4. The number of amides is 4. The first kappa shape index (κ1) is 53.5. The normalized spacial score (nSPS) is 15.1. The first-order chi connectivity index (χ1) is 35.7. The van der Waals surface area contributed by atoms with Gasteiger partial charge in [0, 0.05) is 63.4 Å². The minimum atomic E-state index is -4.35. The zero-order valence-electron chi connectivity index (χ0n) is 42.7. The SMILES string of the molecule is CCCOc1cccc(Oc2cc3c(cc2NS(=O)(=O)c2cccc(C(=O)NCc4ccc(C(=O)N[C@H](C(=O)N5C[C@H](O)C[C@H]5C(=O)NCc5ccc(-c6scnc6C)cc5)C(C)(C)C)cc4)c2)n(C)c(=O)n3C)c1. The number of fused-ring (bicyclic) bond motifs is 1. The standard InChI is InChI=1S/C55H60N8O10S2/c1-8-23-72-40-12-10-13-41(26-40)73-47-28-45-44(61(6)54(69)62(45)7)27-43(47)60-75(70,71)42-14-9-11-38(24-42)50(65)56-29-35-17-21-37(22-18-35)51(66)59-49(55(3,4)5)53(68)63-31-39(64)25-46(63)52(67)57-30-34-15-19-36(20-16-34)48-33(2)58-32-74-48/h9-22,24,26-28,32,39,46,49,60,64H,8,23,25,29-31H2,1-7H3,(H,56,65)(H,57,67)(H,59,66)/t39-,46+,49-/m1/s1. The quantitative estimate of drug-likeness (QED) is 0.0585. The van der Waals surface area contributed by atoms with Gasteiger partial charge in [-0.05, 0) is 84.0 Å². The fraction of sp³-hybridized carbons (Fsp3) is 0.309. The molecular weight excluding hydrogens is 997 g/mol. The van der Waals surface area contributed by atoms with Crippen LogP contribution in [0.25, 0.3) is 21.5 Å². The molecule has 0 radical (unpaired) electrons. The van der Waals surface area contributed by atoms with Gasteiger partial charge in [0.1, 0.15) is 23.6 Å². The van der Waals surface area contributed by atoms with Gasteiger partial charge in [-0.1, -0.05) is 76.2 Å². The third-order valence-corrected chi connectivity index (χ3v) is 15.2. The Morgan fingerprint density at radius 1 is 0.827 bits per heavy atom. The van der Waals surface area contributed by atoms with Crippen molar-refractivity contribution in [2.75, 3.05) is 17.9 Å². The van der Waals surface area contributed by atoms with Gasteiger partial charge < -0.3 is 35.4 Å². The number of aliphatic hydroxyl groups excluding tert-OH is 1. The second kappa shape index (κ2) is 22.3.